The van der Waals surface area contributed by atoms with Gasteiger partial charge in [0, 0.05) is 0 Å². The van der Waals surface area contributed by atoms with Crippen molar-refractivity contribution < 1.29 is 4.74 Å². The van der Waals surface area contributed by atoms with Crippen LogP contribution in [0.15, 0.2) is 42.5 Å². The number of para-hydroxylation sites is 1. The van der Waals surface area contributed by atoms with Gasteiger partial charge in [-0.2, -0.15) is 5.26 Å². The molecule has 0 saturated heterocycles. The van der Waals surface area contributed by atoms with Crippen molar-refractivity contribution in [2.75, 3.05) is 6.61 Å². The van der Waals surface area contributed by atoms with Gasteiger partial charge in [-0.15, -0.1) is 0 Å². The van der Waals surface area contributed by atoms with Crippen LogP contribution in [0.2, 0.25) is 0 Å². The van der Waals surface area contributed by atoms with Crippen molar-refractivity contribution in [1.82, 2.24) is 0 Å². The first-order valence-corrected chi connectivity index (χ1v) is 8.27. The summed E-state index contributed by atoms with van der Waals surface area (Å²) in [6.45, 7) is 7.02. The van der Waals surface area contributed by atoms with Gasteiger partial charge in [-0.25, -0.2) is 0 Å². The Hall–Kier alpha value is -2.27. The zero-order chi connectivity index (χ0) is 16.7. The first-order valence-electron chi connectivity index (χ1n) is 8.27. The smallest absolute Gasteiger partial charge is 0.119 e. The Kier molecular flexibility index (Phi) is 6.23. The molecule has 2 rings (SSSR count). The lowest BCUT2D eigenvalue weighted by Gasteiger charge is -2.16. The van der Waals surface area contributed by atoms with Gasteiger partial charge in [0.05, 0.1) is 18.6 Å². The van der Waals surface area contributed by atoms with E-state index in [0.29, 0.717) is 6.61 Å². The Balaban J connectivity index is 1.85. The lowest BCUT2D eigenvalue weighted by molar-refractivity contribution is 0.304. The molecule has 0 aliphatic heterocycles. The van der Waals surface area contributed by atoms with Crippen molar-refractivity contribution >= 4 is 0 Å². The van der Waals surface area contributed by atoms with Crippen LogP contribution in [-0.4, -0.2) is 6.61 Å². The quantitative estimate of drug-likeness (QED) is 0.636. The van der Waals surface area contributed by atoms with E-state index in [1.54, 1.807) is 0 Å². The summed E-state index contributed by atoms with van der Waals surface area (Å²) in [5.41, 5.74) is 4.93. The van der Waals surface area contributed by atoms with E-state index in [9.17, 15) is 5.26 Å². The number of benzene rings is 2. The van der Waals surface area contributed by atoms with Crippen LogP contribution < -0.4 is 4.74 Å². The molecule has 0 aliphatic rings. The van der Waals surface area contributed by atoms with Gasteiger partial charge in [0.2, 0.25) is 0 Å². The van der Waals surface area contributed by atoms with Gasteiger partial charge >= 0.3 is 0 Å². The highest BCUT2D eigenvalue weighted by Gasteiger charge is 2.15. The van der Waals surface area contributed by atoms with Gasteiger partial charge in [0.15, 0.2) is 0 Å². The number of hydrogen-bond donors (Lipinski definition) is 0. The number of hydrogen-bond acceptors (Lipinski definition) is 2. The average molecular weight is 307 g/mol. The van der Waals surface area contributed by atoms with E-state index in [4.69, 9.17) is 4.74 Å². The summed E-state index contributed by atoms with van der Waals surface area (Å²) in [6.07, 6.45) is 2.86. The molecule has 0 aliphatic carbocycles. The molecular weight excluding hydrogens is 282 g/mol. The standard InChI is InChI=1S/C21H25NO/c1-16-13-17(2)21(18(3)14-16)19(15-22)9-7-8-12-23-20-10-5-4-6-11-20/h4-6,10-11,13-14,19H,7-9,12H2,1-3H3. The van der Waals surface area contributed by atoms with E-state index in [1.165, 1.54) is 22.3 Å². The van der Waals surface area contributed by atoms with Crippen molar-refractivity contribution in [1.29, 1.82) is 5.26 Å². The van der Waals surface area contributed by atoms with Crippen LogP contribution in [0, 0.1) is 32.1 Å². The third-order valence-corrected chi connectivity index (χ3v) is 4.14. The molecule has 0 N–H and O–H groups in total. The molecule has 2 heteroatoms. The van der Waals surface area contributed by atoms with Gasteiger partial charge in [-0.1, -0.05) is 35.9 Å². The van der Waals surface area contributed by atoms with E-state index in [-0.39, 0.29) is 5.92 Å². The normalized spacial score (nSPS) is 11.7. The number of rotatable bonds is 7. The van der Waals surface area contributed by atoms with Gasteiger partial charge in [0.25, 0.3) is 0 Å². The Morgan fingerprint density at radius 1 is 1.00 bits per heavy atom. The second kappa shape index (κ2) is 8.39. The molecule has 0 amide bonds. The summed E-state index contributed by atoms with van der Waals surface area (Å²) in [5, 5.41) is 9.55. The van der Waals surface area contributed by atoms with Gasteiger partial charge < -0.3 is 4.74 Å². The van der Waals surface area contributed by atoms with E-state index in [0.717, 1.165) is 25.0 Å². The van der Waals surface area contributed by atoms with Crippen LogP contribution in [0.5, 0.6) is 5.75 Å². The van der Waals surface area contributed by atoms with E-state index in [2.05, 4.69) is 39.0 Å². The zero-order valence-corrected chi connectivity index (χ0v) is 14.3. The monoisotopic (exact) mass is 307 g/mol. The zero-order valence-electron chi connectivity index (χ0n) is 14.3. The molecular formula is C21H25NO. The second-order valence-corrected chi connectivity index (χ2v) is 6.15. The topological polar surface area (TPSA) is 33.0 Å². The minimum atomic E-state index is -0.0210. The first-order chi connectivity index (χ1) is 11.1. The third-order valence-electron chi connectivity index (χ3n) is 4.14. The van der Waals surface area contributed by atoms with Crippen LogP contribution in [0.4, 0.5) is 0 Å². The SMILES string of the molecule is Cc1cc(C)c(C(C#N)CCCCOc2ccccc2)c(C)c1. The van der Waals surface area contributed by atoms with Crippen molar-refractivity contribution in [3.63, 3.8) is 0 Å². The summed E-state index contributed by atoms with van der Waals surface area (Å²) in [5.74, 6) is 0.891. The Morgan fingerprint density at radius 3 is 2.26 bits per heavy atom. The molecule has 1 unspecified atom stereocenters. The molecule has 0 saturated carbocycles. The molecule has 0 fully saturated rings. The molecule has 0 radical (unpaired) electrons. The van der Waals surface area contributed by atoms with E-state index < -0.39 is 0 Å². The summed E-state index contributed by atoms with van der Waals surface area (Å²) in [7, 11) is 0. The van der Waals surface area contributed by atoms with Gasteiger partial charge in [-0.3, -0.25) is 0 Å². The summed E-state index contributed by atoms with van der Waals surface area (Å²) >= 11 is 0. The highest BCUT2D eigenvalue weighted by molar-refractivity contribution is 5.42. The molecule has 0 heterocycles. The number of unbranched alkanes of at least 4 members (excludes halogenated alkanes) is 1. The summed E-state index contributed by atoms with van der Waals surface area (Å²) in [4.78, 5) is 0. The molecule has 1 atom stereocenters. The average Bonchev–Trinajstić information content (AvgIpc) is 2.53. The fourth-order valence-electron chi connectivity index (χ4n) is 3.17. The maximum atomic E-state index is 9.55. The fourth-order valence-corrected chi connectivity index (χ4v) is 3.17. The Bertz CT molecular complexity index is 647. The number of ether oxygens (including phenoxy) is 1. The molecule has 0 bridgehead atoms. The van der Waals surface area contributed by atoms with Crippen LogP contribution in [-0.2, 0) is 0 Å². The highest BCUT2D eigenvalue weighted by Crippen LogP contribution is 2.28. The fraction of sp³-hybridized carbons (Fsp3) is 0.381. The van der Waals surface area contributed by atoms with Gasteiger partial charge in [-0.05, 0) is 68.9 Å². The first kappa shape index (κ1) is 17.1. The second-order valence-electron chi connectivity index (χ2n) is 6.15. The largest absolute Gasteiger partial charge is 0.494 e. The Morgan fingerprint density at radius 2 is 1.65 bits per heavy atom. The molecule has 120 valence electrons. The maximum Gasteiger partial charge on any atom is 0.119 e. The minimum Gasteiger partial charge on any atom is -0.494 e. The number of nitriles is 1. The molecule has 23 heavy (non-hydrogen) atoms. The lowest BCUT2D eigenvalue weighted by Crippen LogP contribution is -2.04. The van der Waals surface area contributed by atoms with Crippen molar-refractivity contribution in [3.8, 4) is 11.8 Å². The number of nitrogens with zero attached hydrogens (tertiary/aromatic N) is 1. The Labute approximate surface area is 139 Å². The summed E-state index contributed by atoms with van der Waals surface area (Å²) in [6, 6.07) is 16.7. The lowest BCUT2D eigenvalue weighted by atomic mass is 9.87. The van der Waals surface area contributed by atoms with Crippen molar-refractivity contribution in [2.24, 2.45) is 0 Å². The molecule has 0 aromatic heterocycles. The van der Waals surface area contributed by atoms with Crippen LogP contribution in [0.1, 0.15) is 47.4 Å². The molecule has 2 aromatic rings. The predicted molar refractivity (Wildman–Crippen MR) is 94.8 cm³/mol. The van der Waals surface area contributed by atoms with Crippen LogP contribution >= 0.6 is 0 Å². The maximum absolute atomic E-state index is 9.55. The van der Waals surface area contributed by atoms with Gasteiger partial charge in [0.1, 0.15) is 5.75 Å². The molecule has 2 aromatic carbocycles. The predicted octanol–water partition coefficient (Wildman–Crippen LogP) is 5.47. The minimum absolute atomic E-state index is 0.0210. The van der Waals surface area contributed by atoms with E-state index in [1.807, 2.05) is 30.3 Å². The highest BCUT2D eigenvalue weighted by atomic mass is 16.5. The molecule has 2 nitrogen and oxygen atoms in total. The van der Waals surface area contributed by atoms with Crippen molar-refractivity contribution in [2.45, 2.75) is 46.0 Å². The number of aryl methyl sites for hydroxylation is 3. The van der Waals surface area contributed by atoms with E-state index >= 15 is 0 Å². The third kappa shape index (κ3) is 4.86. The molecule has 0 spiro atoms. The summed E-state index contributed by atoms with van der Waals surface area (Å²) < 4.78 is 5.71. The van der Waals surface area contributed by atoms with Crippen LogP contribution in [0.3, 0.4) is 0 Å². The van der Waals surface area contributed by atoms with Crippen molar-refractivity contribution in [3.05, 3.63) is 64.7 Å². The van der Waals surface area contributed by atoms with Crippen LogP contribution in [0.25, 0.3) is 0 Å².